The molecule has 3 amide bonds. The first-order valence-corrected chi connectivity index (χ1v) is 8.88. The lowest BCUT2D eigenvalue weighted by molar-refractivity contribution is -0.125. The molecule has 2 fully saturated rings. The number of amides is 3. The van der Waals surface area contributed by atoms with Crippen molar-refractivity contribution in [1.29, 1.82) is 0 Å². The molecule has 1 unspecified atom stereocenters. The zero-order valence-electron chi connectivity index (χ0n) is 14.1. The molecule has 5 rings (SSSR count). The number of carbonyl (C=O) groups is 2. The van der Waals surface area contributed by atoms with Crippen molar-refractivity contribution in [3.63, 3.8) is 0 Å². The van der Waals surface area contributed by atoms with Crippen LogP contribution in [0.15, 0.2) is 53.7 Å². The number of nitrogens with one attached hydrogen (secondary N) is 1. The van der Waals surface area contributed by atoms with E-state index in [0.29, 0.717) is 12.5 Å². The fraction of sp³-hybridized carbons (Fsp3) is 0.300. The minimum Gasteiger partial charge on any atom is -0.329 e. The fourth-order valence-corrected chi connectivity index (χ4v) is 3.96. The molecule has 2 aliphatic heterocycles. The summed E-state index contributed by atoms with van der Waals surface area (Å²) >= 11 is 0. The van der Waals surface area contributed by atoms with Gasteiger partial charge in [0, 0.05) is 35.7 Å². The lowest BCUT2D eigenvalue weighted by atomic mass is 9.97. The Morgan fingerprint density at radius 2 is 2.12 bits per heavy atom. The van der Waals surface area contributed by atoms with Crippen LogP contribution in [0.1, 0.15) is 12.0 Å². The van der Waals surface area contributed by atoms with E-state index < -0.39 is 0 Å². The highest BCUT2D eigenvalue weighted by Gasteiger charge is 2.51. The molecule has 6 nitrogen and oxygen atoms in total. The highest BCUT2D eigenvalue weighted by molar-refractivity contribution is 6.10. The molecule has 1 saturated carbocycles. The predicted molar refractivity (Wildman–Crippen MR) is 97.9 cm³/mol. The second kappa shape index (κ2) is 5.76. The number of aromatic nitrogens is 1. The van der Waals surface area contributed by atoms with Crippen LogP contribution >= 0.6 is 0 Å². The fourth-order valence-electron chi connectivity index (χ4n) is 3.96. The first kappa shape index (κ1) is 15.3. The number of pyridine rings is 1. The van der Waals surface area contributed by atoms with Gasteiger partial charge in [0.25, 0.3) is 0 Å². The third-order valence-corrected chi connectivity index (χ3v) is 5.44. The molecular formula is C20H18N4O2. The van der Waals surface area contributed by atoms with Crippen LogP contribution in [0.4, 0.5) is 4.79 Å². The summed E-state index contributed by atoms with van der Waals surface area (Å²) in [4.78, 5) is 34.1. The second-order valence-electron chi connectivity index (χ2n) is 7.05. The van der Waals surface area contributed by atoms with Crippen molar-refractivity contribution in [1.82, 2.24) is 15.2 Å². The highest BCUT2D eigenvalue weighted by atomic mass is 16.2. The minimum atomic E-state index is -0.253. The Kier molecular flexibility index (Phi) is 3.38. The maximum atomic E-state index is 11.8. The number of hydrogen-bond acceptors (Lipinski definition) is 4. The third kappa shape index (κ3) is 2.49. The molecule has 1 saturated heterocycles. The van der Waals surface area contributed by atoms with E-state index in [1.165, 1.54) is 4.90 Å². The topological polar surface area (TPSA) is 74.7 Å². The van der Waals surface area contributed by atoms with Gasteiger partial charge in [-0.3, -0.25) is 19.7 Å². The van der Waals surface area contributed by atoms with E-state index >= 15 is 0 Å². The van der Waals surface area contributed by atoms with Gasteiger partial charge >= 0.3 is 6.03 Å². The zero-order chi connectivity index (χ0) is 17.7. The first-order valence-electron chi connectivity index (χ1n) is 8.88. The Labute approximate surface area is 150 Å². The van der Waals surface area contributed by atoms with Crippen LogP contribution in [0.25, 0.3) is 10.9 Å². The van der Waals surface area contributed by atoms with Gasteiger partial charge in [-0.2, -0.15) is 0 Å². The van der Waals surface area contributed by atoms with Crippen LogP contribution in [-0.2, 0) is 4.79 Å². The van der Waals surface area contributed by atoms with Crippen molar-refractivity contribution in [2.75, 3.05) is 13.1 Å². The van der Waals surface area contributed by atoms with Crippen molar-refractivity contribution < 1.29 is 9.59 Å². The Bertz CT molecular complexity index is 965. The van der Waals surface area contributed by atoms with Gasteiger partial charge in [0.15, 0.2) is 0 Å². The largest absolute Gasteiger partial charge is 0.329 e. The molecule has 3 aliphatic rings. The molecular weight excluding hydrogens is 328 g/mol. The third-order valence-electron chi connectivity index (χ3n) is 5.44. The lowest BCUT2D eigenvalue weighted by Crippen LogP contribution is -2.35. The molecule has 1 aliphatic carbocycles. The van der Waals surface area contributed by atoms with Crippen LogP contribution in [0.3, 0.4) is 0 Å². The van der Waals surface area contributed by atoms with Crippen LogP contribution in [0.2, 0.25) is 0 Å². The van der Waals surface area contributed by atoms with E-state index in [0.717, 1.165) is 28.6 Å². The Morgan fingerprint density at radius 3 is 2.88 bits per heavy atom. The molecule has 3 atom stereocenters. The van der Waals surface area contributed by atoms with Crippen molar-refractivity contribution in [2.24, 2.45) is 16.8 Å². The second-order valence-corrected chi connectivity index (χ2v) is 7.05. The monoisotopic (exact) mass is 346 g/mol. The average Bonchev–Trinajstić information content (AvgIpc) is 3.39. The van der Waals surface area contributed by atoms with Crippen LogP contribution in [-0.4, -0.2) is 46.7 Å². The quantitative estimate of drug-likeness (QED) is 0.866. The maximum Gasteiger partial charge on any atom is 0.324 e. The van der Waals surface area contributed by atoms with Crippen molar-refractivity contribution >= 4 is 28.6 Å². The smallest absolute Gasteiger partial charge is 0.324 e. The predicted octanol–water partition coefficient (Wildman–Crippen LogP) is 2.15. The van der Waals surface area contributed by atoms with Gasteiger partial charge in [0.1, 0.15) is 0 Å². The van der Waals surface area contributed by atoms with Gasteiger partial charge in [-0.15, -0.1) is 0 Å². The van der Waals surface area contributed by atoms with Crippen LogP contribution < -0.4 is 5.32 Å². The first-order chi connectivity index (χ1) is 12.7. The van der Waals surface area contributed by atoms with Gasteiger partial charge in [-0.1, -0.05) is 18.2 Å². The SMILES string of the molecule is O=C1CNC(=O)N1[C@@H]1C[C@H]1C1C=CC(c2ccc3ncccc3c2)=NC1. The molecule has 6 heteroatoms. The number of allylic oxidation sites excluding steroid dienone is 1. The number of carbonyl (C=O) groups excluding carboxylic acids is 2. The summed E-state index contributed by atoms with van der Waals surface area (Å²) in [5, 5.41) is 3.70. The average molecular weight is 346 g/mol. The van der Waals surface area contributed by atoms with Gasteiger partial charge in [-0.05, 0) is 36.6 Å². The lowest BCUT2D eigenvalue weighted by Gasteiger charge is -2.18. The van der Waals surface area contributed by atoms with Gasteiger partial charge in [-0.25, -0.2) is 4.79 Å². The van der Waals surface area contributed by atoms with E-state index in [9.17, 15) is 9.59 Å². The van der Waals surface area contributed by atoms with E-state index in [1.54, 1.807) is 6.20 Å². The number of hydrogen-bond donors (Lipinski definition) is 1. The van der Waals surface area contributed by atoms with E-state index in [-0.39, 0.29) is 30.4 Å². The normalized spacial score (nSPS) is 27.6. The van der Waals surface area contributed by atoms with Gasteiger partial charge < -0.3 is 5.32 Å². The summed E-state index contributed by atoms with van der Waals surface area (Å²) in [5.74, 6) is 0.494. The number of imide groups is 1. The Morgan fingerprint density at radius 1 is 1.19 bits per heavy atom. The van der Waals surface area contributed by atoms with Gasteiger partial charge in [0.05, 0.1) is 17.8 Å². The molecule has 1 aromatic heterocycles. The number of aliphatic imine (C=N–C) groups is 1. The Hall–Kier alpha value is -3.02. The molecule has 0 spiro atoms. The summed E-state index contributed by atoms with van der Waals surface area (Å²) in [5.41, 5.74) is 3.03. The molecule has 1 aromatic carbocycles. The summed E-state index contributed by atoms with van der Waals surface area (Å²) in [6.07, 6.45) is 6.91. The number of rotatable bonds is 3. The number of fused-ring (bicyclic) bond motifs is 1. The van der Waals surface area contributed by atoms with E-state index in [1.807, 2.05) is 18.2 Å². The number of urea groups is 1. The number of nitrogens with zero attached hydrogens (tertiary/aromatic N) is 3. The summed E-state index contributed by atoms with van der Waals surface area (Å²) < 4.78 is 0. The van der Waals surface area contributed by atoms with Crippen molar-refractivity contribution in [2.45, 2.75) is 12.5 Å². The van der Waals surface area contributed by atoms with E-state index in [4.69, 9.17) is 4.99 Å². The molecule has 26 heavy (non-hydrogen) atoms. The highest BCUT2D eigenvalue weighted by Crippen LogP contribution is 2.44. The summed E-state index contributed by atoms with van der Waals surface area (Å²) in [6.45, 7) is 0.823. The van der Waals surface area contributed by atoms with E-state index in [2.05, 4.69) is 34.6 Å². The van der Waals surface area contributed by atoms with Crippen molar-refractivity contribution in [3.05, 3.63) is 54.2 Å². The number of dihydropyridines is 1. The maximum absolute atomic E-state index is 11.8. The molecule has 0 radical (unpaired) electrons. The number of benzene rings is 1. The molecule has 130 valence electrons. The summed E-state index contributed by atoms with van der Waals surface area (Å²) in [7, 11) is 0. The molecule has 0 bridgehead atoms. The molecule has 2 aromatic rings. The van der Waals surface area contributed by atoms with Crippen molar-refractivity contribution in [3.8, 4) is 0 Å². The van der Waals surface area contributed by atoms with Crippen LogP contribution in [0, 0.1) is 11.8 Å². The van der Waals surface area contributed by atoms with Gasteiger partial charge in [0.2, 0.25) is 5.91 Å². The molecule has 1 N–H and O–H groups in total. The summed E-state index contributed by atoms with van der Waals surface area (Å²) in [6, 6.07) is 9.93. The zero-order valence-corrected chi connectivity index (χ0v) is 14.1. The minimum absolute atomic E-state index is 0.0307. The molecule has 3 heterocycles. The van der Waals surface area contributed by atoms with Crippen LogP contribution in [0.5, 0.6) is 0 Å². The standard InChI is InChI=1S/C20H18N4O2/c25-19-11-23-20(26)24(19)18-9-15(18)14-4-6-17(22-10-14)13-3-5-16-12(8-13)2-1-7-21-16/h1-8,14-15,18H,9-11H2,(H,23,26)/t14?,15-,18+/m0/s1. The Balaban J connectivity index is 1.30.